The number of piperidine rings is 1. The number of carboxylic acid groups (broad SMARTS) is 1. The van der Waals surface area contributed by atoms with E-state index < -0.39 is 17.8 Å². The first-order chi connectivity index (χ1) is 16.0. The van der Waals surface area contributed by atoms with Gasteiger partial charge in [0.1, 0.15) is 6.26 Å². The average Bonchev–Trinajstić information content (AvgIpc) is 3.34. The second-order valence-corrected chi connectivity index (χ2v) is 7.99. The summed E-state index contributed by atoms with van der Waals surface area (Å²) in [6.45, 7) is 1.67. The number of aromatic nitrogens is 1. The normalized spacial score (nSPS) is 14.5. The molecule has 170 valence electrons. The maximum absolute atomic E-state index is 12.6. The first-order valence-corrected chi connectivity index (χ1v) is 10.9. The summed E-state index contributed by atoms with van der Waals surface area (Å²) in [5.41, 5.74) is 2.22. The van der Waals surface area contributed by atoms with Gasteiger partial charge < -0.3 is 19.7 Å². The minimum absolute atomic E-state index is 0.115. The van der Waals surface area contributed by atoms with E-state index in [9.17, 15) is 19.5 Å². The molecule has 1 aliphatic heterocycles. The lowest BCUT2D eigenvalue weighted by Crippen LogP contribution is -2.35. The van der Waals surface area contributed by atoms with Crippen molar-refractivity contribution in [2.24, 2.45) is 0 Å². The molecule has 3 aromatic rings. The molecule has 33 heavy (non-hydrogen) atoms. The zero-order chi connectivity index (χ0) is 23.2. The van der Waals surface area contributed by atoms with Crippen molar-refractivity contribution in [1.82, 2.24) is 15.2 Å². The number of hydrogen-bond donors (Lipinski definition) is 2. The summed E-state index contributed by atoms with van der Waals surface area (Å²) in [6.07, 6.45) is 4.54. The lowest BCUT2D eigenvalue weighted by molar-refractivity contribution is -0.143. The Kier molecular flexibility index (Phi) is 6.83. The summed E-state index contributed by atoms with van der Waals surface area (Å²) in [7, 11) is 0. The summed E-state index contributed by atoms with van der Waals surface area (Å²) >= 11 is 0. The third kappa shape index (κ3) is 5.28. The molecule has 2 aromatic carbocycles. The predicted octanol–water partition coefficient (Wildman–Crippen LogP) is 3.45. The van der Waals surface area contributed by atoms with Gasteiger partial charge in [-0.25, -0.2) is 4.98 Å². The van der Waals surface area contributed by atoms with Crippen LogP contribution in [0.25, 0.3) is 11.5 Å². The fourth-order valence-electron chi connectivity index (χ4n) is 3.87. The Balaban J connectivity index is 1.38. The molecular formula is C25H25N3O5. The number of carbonyl (C=O) groups excluding carboxylic acids is 2. The fourth-order valence-corrected chi connectivity index (χ4v) is 3.87. The fraction of sp³-hybridized carbons (Fsp3) is 0.280. The van der Waals surface area contributed by atoms with Crippen molar-refractivity contribution in [1.29, 1.82) is 0 Å². The quantitative estimate of drug-likeness (QED) is 0.537. The van der Waals surface area contributed by atoms with Crippen LogP contribution in [0, 0.1) is 0 Å². The number of carbonyl (C=O) groups is 3. The number of hydrogen-bond acceptors (Lipinski definition) is 5. The number of nitrogens with zero attached hydrogens (tertiary/aromatic N) is 2. The Labute approximate surface area is 191 Å². The molecule has 0 bridgehead atoms. The van der Waals surface area contributed by atoms with E-state index in [1.165, 1.54) is 6.26 Å². The molecule has 2 heterocycles. The van der Waals surface area contributed by atoms with Crippen LogP contribution in [0.15, 0.2) is 65.3 Å². The second kappa shape index (κ2) is 10.1. The lowest BCUT2D eigenvalue weighted by atomic mass is 9.98. The van der Waals surface area contributed by atoms with Gasteiger partial charge in [0.25, 0.3) is 5.91 Å². The number of amides is 2. The summed E-state index contributed by atoms with van der Waals surface area (Å²) < 4.78 is 5.51. The Hall–Kier alpha value is -3.94. The number of likely N-dealkylation sites (tertiary alicyclic amines) is 1. The predicted molar refractivity (Wildman–Crippen MR) is 120 cm³/mol. The Morgan fingerprint density at radius 1 is 1.00 bits per heavy atom. The van der Waals surface area contributed by atoms with Crippen molar-refractivity contribution in [3.05, 3.63) is 77.7 Å². The van der Waals surface area contributed by atoms with E-state index in [2.05, 4.69) is 10.3 Å². The van der Waals surface area contributed by atoms with Gasteiger partial charge in [-0.2, -0.15) is 0 Å². The highest BCUT2D eigenvalue weighted by atomic mass is 16.4. The minimum Gasteiger partial charge on any atom is -0.480 e. The molecule has 1 fully saturated rings. The molecule has 1 saturated heterocycles. The van der Waals surface area contributed by atoms with Crippen LogP contribution in [-0.2, 0) is 16.1 Å². The topological polar surface area (TPSA) is 113 Å². The average molecular weight is 447 g/mol. The Morgan fingerprint density at radius 2 is 1.70 bits per heavy atom. The van der Waals surface area contributed by atoms with Crippen LogP contribution in [0.1, 0.15) is 46.8 Å². The molecule has 0 aliphatic carbocycles. The van der Waals surface area contributed by atoms with Crippen LogP contribution in [0.4, 0.5) is 0 Å². The molecule has 1 aromatic heterocycles. The zero-order valence-electron chi connectivity index (χ0n) is 18.1. The highest BCUT2D eigenvalue weighted by Gasteiger charge is 2.27. The Bertz CT molecular complexity index is 1120. The number of carboxylic acids is 1. The van der Waals surface area contributed by atoms with Gasteiger partial charge in [-0.1, -0.05) is 42.5 Å². The molecule has 1 aliphatic rings. The van der Waals surface area contributed by atoms with Gasteiger partial charge in [0, 0.05) is 25.2 Å². The van der Waals surface area contributed by atoms with Crippen LogP contribution in [0.2, 0.25) is 0 Å². The highest BCUT2D eigenvalue weighted by molar-refractivity contribution is 6.02. The first kappa shape index (κ1) is 22.3. The van der Waals surface area contributed by atoms with E-state index in [1.54, 1.807) is 59.5 Å². The number of benzene rings is 2. The van der Waals surface area contributed by atoms with Crippen LogP contribution in [0.5, 0.6) is 0 Å². The van der Waals surface area contributed by atoms with Crippen molar-refractivity contribution in [2.45, 2.75) is 31.7 Å². The first-order valence-electron chi connectivity index (χ1n) is 10.9. The molecule has 0 radical (unpaired) electrons. The van der Waals surface area contributed by atoms with Crippen LogP contribution in [-0.4, -0.2) is 45.9 Å². The minimum atomic E-state index is -1.27. The molecular weight excluding hydrogens is 422 g/mol. The van der Waals surface area contributed by atoms with E-state index in [1.807, 2.05) is 0 Å². The summed E-state index contributed by atoms with van der Waals surface area (Å²) in [5.74, 6) is -2.82. The largest absolute Gasteiger partial charge is 0.480 e. The maximum atomic E-state index is 12.6. The number of nitrogens with one attached hydrogen (secondary N) is 1. The van der Waals surface area contributed by atoms with Gasteiger partial charge >= 0.3 is 5.97 Å². The van der Waals surface area contributed by atoms with Gasteiger partial charge in [-0.3, -0.25) is 14.4 Å². The smallest absolute Gasteiger partial charge is 0.320 e. The number of rotatable bonds is 7. The molecule has 0 saturated carbocycles. The second-order valence-electron chi connectivity index (χ2n) is 7.99. The van der Waals surface area contributed by atoms with Crippen molar-refractivity contribution >= 4 is 17.8 Å². The Morgan fingerprint density at radius 3 is 2.36 bits per heavy atom. The van der Waals surface area contributed by atoms with E-state index in [0.717, 1.165) is 37.9 Å². The molecule has 1 unspecified atom stereocenters. The van der Waals surface area contributed by atoms with Crippen molar-refractivity contribution < 1.29 is 23.9 Å². The van der Waals surface area contributed by atoms with Gasteiger partial charge in [0.2, 0.25) is 11.8 Å². The van der Waals surface area contributed by atoms with Crippen molar-refractivity contribution in [3.8, 4) is 11.5 Å². The molecule has 2 amide bonds. The molecule has 1 atom stereocenters. The standard InChI is InChI=1S/C25H25N3O5/c29-22(21(25(31)32)18-7-3-1-4-8-18)26-15-17-9-11-19(12-10-17)23-27-20(16-33-23)24(30)28-13-5-2-6-14-28/h1,3-4,7-12,16,21H,2,5-6,13-15H2,(H,26,29)(H,31,32). The van der Waals surface area contributed by atoms with Gasteiger partial charge in [0.15, 0.2) is 11.6 Å². The van der Waals surface area contributed by atoms with E-state index >= 15 is 0 Å². The van der Waals surface area contributed by atoms with E-state index in [4.69, 9.17) is 4.42 Å². The molecule has 0 spiro atoms. The van der Waals surface area contributed by atoms with Gasteiger partial charge in [-0.15, -0.1) is 0 Å². The third-order valence-electron chi connectivity index (χ3n) is 5.68. The summed E-state index contributed by atoms with van der Waals surface area (Å²) in [5, 5.41) is 12.2. The van der Waals surface area contributed by atoms with Crippen LogP contribution >= 0.6 is 0 Å². The van der Waals surface area contributed by atoms with Crippen molar-refractivity contribution in [3.63, 3.8) is 0 Å². The molecule has 8 nitrogen and oxygen atoms in total. The molecule has 2 N–H and O–H groups in total. The number of oxazole rings is 1. The maximum Gasteiger partial charge on any atom is 0.320 e. The van der Waals surface area contributed by atoms with Crippen LogP contribution in [0.3, 0.4) is 0 Å². The van der Waals surface area contributed by atoms with E-state index in [0.29, 0.717) is 22.7 Å². The zero-order valence-corrected chi connectivity index (χ0v) is 18.1. The number of aliphatic carboxylic acids is 1. The molecule has 8 heteroatoms. The van der Waals surface area contributed by atoms with Gasteiger partial charge in [-0.05, 0) is 42.5 Å². The van der Waals surface area contributed by atoms with Crippen molar-refractivity contribution in [2.75, 3.05) is 13.1 Å². The SMILES string of the molecule is O=C(O)C(C(=O)NCc1ccc(-c2nc(C(=O)N3CCCCC3)co2)cc1)c1ccccc1. The van der Waals surface area contributed by atoms with Crippen LogP contribution < -0.4 is 5.32 Å². The summed E-state index contributed by atoms with van der Waals surface area (Å²) in [6, 6.07) is 15.6. The van der Waals surface area contributed by atoms with Gasteiger partial charge in [0.05, 0.1) is 0 Å². The monoisotopic (exact) mass is 447 g/mol. The van der Waals surface area contributed by atoms with E-state index in [-0.39, 0.29) is 12.5 Å². The lowest BCUT2D eigenvalue weighted by Gasteiger charge is -2.25. The summed E-state index contributed by atoms with van der Waals surface area (Å²) in [4.78, 5) is 42.8. The third-order valence-corrected chi connectivity index (χ3v) is 5.68. The highest BCUT2D eigenvalue weighted by Crippen LogP contribution is 2.21. The molecule has 4 rings (SSSR count).